The Morgan fingerprint density at radius 3 is 2.59 bits per heavy atom. The molecule has 0 bridgehead atoms. The molecule has 0 amide bonds. The first kappa shape index (κ1) is 21.7. The highest BCUT2D eigenvalue weighted by molar-refractivity contribution is 5.80. The number of hydrogen-bond acceptors (Lipinski definition) is 3. The van der Waals surface area contributed by atoms with Gasteiger partial charge >= 0.3 is 6.61 Å². The lowest BCUT2D eigenvalue weighted by Gasteiger charge is -2.34. The Balaban J connectivity index is 1.49. The minimum atomic E-state index is -3.00. The van der Waals surface area contributed by atoms with Crippen LogP contribution in [0.5, 0.6) is 5.75 Å². The lowest BCUT2D eigenvalue weighted by Crippen LogP contribution is -2.47. The highest BCUT2D eigenvalue weighted by Crippen LogP contribution is 2.26. The maximum absolute atomic E-state index is 14.1. The number of guanidine groups is 1. The molecule has 0 aromatic heterocycles. The number of nitrogens with zero attached hydrogens (tertiary/aromatic N) is 2. The van der Waals surface area contributed by atoms with Crippen LogP contribution in [0, 0.1) is 11.7 Å². The van der Waals surface area contributed by atoms with Crippen molar-refractivity contribution in [3.05, 3.63) is 29.6 Å². The van der Waals surface area contributed by atoms with Gasteiger partial charge in [-0.1, -0.05) is 18.9 Å². The molecule has 0 spiro atoms. The van der Waals surface area contributed by atoms with Crippen LogP contribution in [-0.2, 0) is 11.3 Å². The van der Waals surface area contributed by atoms with Crippen LogP contribution in [0.25, 0.3) is 0 Å². The highest BCUT2D eigenvalue weighted by atomic mass is 19.3. The number of aliphatic imine (C=N–C) groups is 1. The number of piperidine rings is 1. The number of hydrogen-bond donors (Lipinski definition) is 1. The Hall–Kier alpha value is -1.96. The van der Waals surface area contributed by atoms with E-state index in [2.05, 4.69) is 19.9 Å². The second-order valence-electron chi connectivity index (χ2n) is 7.67. The number of likely N-dealkylation sites (tertiary alicyclic amines) is 1. The van der Waals surface area contributed by atoms with E-state index in [1.807, 2.05) is 0 Å². The Labute approximate surface area is 170 Å². The molecule has 1 saturated carbocycles. The molecule has 1 aromatic rings. The lowest BCUT2D eigenvalue weighted by molar-refractivity contribution is -0.0506. The standard InChI is InChI=1S/C21H30F3N3O2/c1-25-21(26-13-17-18(22)7-4-8-19(17)29-20(23)24)27-11-9-16(10-12-27)28-14-15-5-2-3-6-15/h4,7-8,15-16,20H,2-3,5-6,9-14H2,1H3,(H,25,26). The van der Waals surface area contributed by atoms with Crippen molar-refractivity contribution < 1.29 is 22.6 Å². The van der Waals surface area contributed by atoms with Gasteiger partial charge in [0.25, 0.3) is 0 Å². The summed E-state index contributed by atoms with van der Waals surface area (Å²) in [5, 5.41) is 3.07. The molecular weight excluding hydrogens is 383 g/mol. The summed E-state index contributed by atoms with van der Waals surface area (Å²) in [6.07, 6.45) is 7.29. The Morgan fingerprint density at radius 2 is 1.93 bits per heavy atom. The molecule has 1 heterocycles. The molecule has 3 rings (SSSR count). The van der Waals surface area contributed by atoms with E-state index < -0.39 is 12.4 Å². The zero-order valence-electron chi connectivity index (χ0n) is 16.9. The van der Waals surface area contributed by atoms with Crippen LogP contribution in [0.1, 0.15) is 44.1 Å². The van der Waals surface area contributed by atoms with Gasteiger partial charge in [-0.05, 0) is 43.7 Å². The van der Waals surface area contributed by atoms with Gasteiger partial charge in [-0.15, -0.1) is 0 Å². The van der Waals surface area contributed by atoms with Crippen molar-refractivity contribution in [3.8, 4) is 5.75 Å². The number of halogens is 3. The summed E-state index contributed by atoms with van der Waals surface area (Å²) in [6, 6.07) is 3.91. The van der Waals surface area contributed by atoms with Crippen molar-refractivity contribution in [2.45, 2.75) is 57.8 Å². The molecular formula is C21H30F3N3O2. The Bertz CT molecular complexity index is 673. The molecule has 29 heavy (non-hydrogen) atoms. The monoisotopic (exact) mass is 413 g/mol. The van der Waals surface area contributed by atoms with Crippen LogP contribution in [0.2, 0.25) is 0 Å². The fraction of sp³-hybridized carbons (Fsp3) is 0.667. The van der Waals surface area contributed by atoms with E-state index >= 15 is 0 Å². The molecule has 1 aromatic carbocycles. The fourth-order valence-corrected chi connectivity index (χ4v) is 4.10. The second kappa shape index (κ2) is 10.7. The molecule has 2 fully saturated rings. The molecule has 1 aliphatic heterocycles. The maximum Gasteiger partial charge on any atom is 0.387 e. The van der Waals surface area contributed by atoms with Gasteiger partial charge < -0.3 is 19.7 Å². The third-order valence-electron chi connectivity index (χ3n) is 5.71. The van der Waals surface area contributed by atoms with Crippen LogP contribution in [0.3, 0.4) is 0 Å². The first-order chi connectivity index (χ1) is 14.1. The minimum Gasteiger partial charge on any atom is -0.434 e. The normalized spacial score (nSPS) is 19.2. The molecule has 1 aliphatic carbocycles. The van der Waals surface area contributed by atoms with Gasteiger partial charge in [0.15, 0.2) is 5.96 Å². The molecule has 5 nitrogen and oxygen atoms in total. The molecule has 162 valence electrons. The summed E-state index contributed by atoms with van der Waals surface area (Å²) in [4.78, 5) is 6.35. The predicted molar refractivity (Wildman–Crippen MR) is 106 cm³/mol. The lowest BCUT2D eigenvalue weighted by atomic mass is 10.1. The first-order valence-electron chi connectivity index (χ1n) is 10.4. The molecule has 2 aliphatic rings. The zero-order chi connectivity index (χ0) is 20.6. The van der Waals surface area contributed by atoms with Crippen LogP contribution < -0.4 is 10.1 Å². The molecule has 0 atom stereocenters. The highest BCUT2D eigenvalue weighted by Gasteiger charge is 2.24. The Kier molecular flexibility index (Phi) is 8.03. The van der Waals surface area contributed by atoms with Crippen molar-refractivity contribution in [1.29, 1.82) is 0 Å². The number of nitrogens with one attached hydrogen (secondary N) is 1. The molecule has 0 radical (unpaired) electrons. The smallest absolute Gasteiger partial charge is 0.387 e. The average molecular weight is 413 g/mol. The van der Waals surface area contributed by atoms with Crippen LogP contribution >= 0.6 is 0 Å². The fourth-order valence-electron chi connectivity index (χ4n) is 4.10. The first-order valence-corrected chi connectivity index (χ1v) is 10.4. The van der Waals surface area contributed by atoms with Crippen molar-refractivity contribution in [3.63, 3.8) is 0 Å². The number of rotatable bonds is 7. The summed E-state index contributed by atoms with van der Waals surface area (Å²) < 4.78 is 49.8. The van der Waals surface area contributed by atoms with E-state index in [0.29, 0.717) is 11.9 Å². The summed E-state index contributed by atoms with van der Waals surface area (Å²) in [7, 11) is 1.66. The third kappa shape index (κ3) is 6.26. The second-order valence-corrected chi connectivity index (χ2v) is 7.67. The molecule has 1 saturated heterocycles. The SMILES string of the molecule is CN=C(NCc1c(F)cccc1OC(F)F)N1CCC(OCC2CCCC2)CC1. The number of alkyl halides is 2. The van der Waals surface area contributed by atoms with Crippen molar-refractivity contribution in [2.75, 3.05) is 26.7 Å². The van der Waals surface area contributed by atoms with Gasteiger partial charge in [0.1, 0.15) is 11.6 Å². The summed E-state index contributed by atoms with van der Waals surface area (Å²) in [6.45, 7) is -0.561. The van der Waals surface area contributed by atoms with E-state index in [-0.39, 0.29) is 24.0 Å². The Morgan fingerprint density at radius 1 is 1.21 bits per heavy atom. The van der Waals surface area contributed by atoms with Crippen LogP contribution in [-0.4, -0.2) is 50.3 Å². The topological polar surface area (TPSA) is 46.1 Å². The molecule has 0 unspecified atom stereocenters. The van der Waals surface area contributed by atoms with Gasteiger partial charge in [0.05, 0.1) is 6.10 Å². The quantitative estimate of drug-likeness (QED) is 0.538. The van der Waals surface area contributed by atoms with Gasteiger partial charge in [-0.25, -0.2) is 4.39 Å². The van der Waals surface area contributed by atoms with Gasteiger partial charge in [-0.3, -0.25) is 4.99 Å². The zero-order valence-corrected chi connectivity index (χ0v) is 16.9. The van der Waals surface area contributed by atoms with Crippen molar-refractivity contribution in [2.24, 2.45) is 10.9 Å². The van der Waals surface area contributed by atoms with Gasteiger partial charge in [-0.2, -0.15) is 8.78 Å². The van der Waals surface area contributed by atoms with Crippen LogP contribution in [0.15, 0.2) is 23.2 Å². The van der Waals surface area contributed by atoms with Gasteiger partial charge in [0, 0.05) is 38.9 Å². The van der Waals surface area contributed by atoms with Crippen LogP contribution in [0.4, 0.5) is 13.2 Å². The summed E-state index contributed by atoms with van der Waals surface area (Å²) in [5.41, 5.74) is 0.0590. The summed E-state index contributed by atoms with van der Waals surface area (Å²) >= 11 is 0. The number of benzene rings is 1. The molecule has 1 N–H and O–H groups in total. The van der Waals surface area contributed by atoms with E-state index in [1.165, 1.54) is 43.9 Å². The molecule has 8 heteroatoms. The van der Waals surface area contributed by atoms with Crippen molar-refractivity contribution in [1.82, 2.24) is 10.2 Å². The van der Waals surface area contributed by atoms with E-state index in [1.54, 1.807) is 7.05 Å². The minimum absolute atomic E-state index is 0.0134. The van der Waals surface area contributed by atoms with E-state index in [9.17, 15) is 13.2 Å². The number of ether oxygens (including phenoxy) is 2. The van der Waals surface area contributed by atoms with Gasteiger partial charge in [0.2, 0.25) is 0 Å². The predicted octanol–water partition coefficient (Wildman–Crippen LogP) is 4.17. The van der Waals surface area contributed by atoms with E-state index in [4.69, 9.17) is 4.74 Å². The average Bonchev–Trinajstić information content (AvgIpc) is 3.23. The largest absolute Gasteiger partial charge is 0.434 e. The summed E-state index contributed by atoms with van der Waals surface area (Å²) in [5.74, 6) is 0.575. The third-order valence-corrected chi connectivity index (χ3v) is 5.71. The maximum atomic E-state index is 14.1. The van der Waals surface area contributed by atoms with Crippen molar-refractivity contribution >= 4 is 5.96 Å². The van der Waals surface area contributed by atoms with E-state index in [0.717, 1.165) is 32.5 Å².